The molecule has 0 bridgehead atoms. The molecule has 2 rings (SSSR count). The number of hydrogen-bond donors (Lipinski definition) is 1. The number of nitrogens with zero attached hydrogens (tertiary/aromatic N) is 2. The van der Waals surface area contributed by atoms with Crippen molar-refractivity contribution in [2.45, 2.75) is 71.9 Å². The fourth-order valence-corrected chi connectivity index (χ4v) is 2.80. The van der Waals surface area contributed by atoms with Gasteiger partial charge < -0.3 is 14.6 Å². The second-order valence-electron chi connectivity index (χ2n) is 7.75. The lowest BCUT2D eigenvalue weighted by Gasteiger charge is -2.41. The molecule has 1 aromatic rings. The Morgan fingerprint density at radius 1 is 1.43 bits per heavy atom. The molecule has 5 nitrogen and oxygen atoms in total. The molecule has 1 aliphatic heterocycles. The Morgan fingerprint density at radius 2 is 2.14 bits per heavy atom. The highest BCUT2D eigenvalue weighted by atomic mass is 16.5. The third kappa shape index (κ3) is 5.41. The standard InChI is InChI=1S/C16H29N3O2/c1-12-9-19(11-16(5,6)20-12)10-14-7-13(18-21-14)8-17-15(2,3)4/h7,12,17H,8-11H2,1-6H3. The molecule has 1 fully saturated rings. The van der Waals surface area contributed by atoms with Gasteiger partial charge in [-0.3, -0.25) is 4.90 Å². The van der Waals surface area contributed by atoms with Crippen LogP contribution in [0.15, 0.2) is 10.6 Å². The van der Waals surface area contributed by atoms with Crippen molar-refractivity contribution in [1.29, 1.82) is 0 Å². The number of ether oxygens (including phenoxy) is 1. The van der Waals surface area contributed by atoms with Gasteiger partial charge in [-0.1, -0.05) is 5.16 Å². The molecule has 5 heteroatoms. The van der Waals surface area contributed by atoms with Gasteiger partial charge in [0.25, 0.3) is 0 Å². The van der Waals surface area contributed by atoms with Crippen LogP contribution in [-0.4, -0.2) is 40.4 Å². The second kappa shape index (κ2) is 6.07. The van der Waals surface area contributed by atoms with E-state index in [9.17, 15) is 0 Å². The van der Waals surface area contributed by atoms with Gasteiger partial charge in [-0.25, -0.2) is 0 Å². The summed E-state index contributed by atoms with van der Waals surface area (Å²) in [6, 6.07) is 2.05. The van der Waals surface area contributed by atoms with E-state index in [2.05, 4.69) is 56.9 Å². The molecule has 0 radical (unpaired) electrons. The average molecular weight is 295 g/mol. The zero-order chi connectivity index (χ0) is 15.7. The highest BCUT2D eigenvalue weighted by Crippen LogP contribution is 2.22. The minimum absolute atomic E-state index is 0.0861. The molecule has 120 valence electrons. The molecule has 1 N–H and O–H groups in total. The SMILES string of the molecule is CC1CN(Cc2cc(CNC(C)(C)C)no2)CC(C)(C)O1. The van der Waals surface area contributed by atoms with Crippen molar-refractivity contribution >= 4 is 0 Å². The van der Waals surface area contributed by atoms with Gasteiger partial charge in [-0.2, -0.15) is 0 Å². The van der Waals surface area contributed by atoms with Crippen molar-refractivity contribution in [2.75, 3.05) is 13.1 Å². The fraction of sp³-hybridized carbons (Fsp3) is 0.812. The predicted molar refractivity (Wildman–Crippen MR) is 83.0 cm³/mol. The summed E-state index contributed by atoms with van der Waals surface area (Å²) in [6.07, 6.45) is 0.249. The van der Waals surface area contributed by atoms with E-state index in [1.165, 1.54) is 0 Å². The van der Waals surface area contributed by atoms with Gasteiger partial charge in [0.15, 0.2) is 5.76 Å². The molecule has 0 saturated carbocycles. The minimum Gasteiger partial charge on any atom is -0.370 e. The smallest absolute Gasteiger partial charge is 0.151 e. The zero-order valence-electron chi connectivity index (χ0n) is 14.2. The Kier molecular flexibility index (Phi) is 4.76. The van der Waals surface area contributed by atoms with Crippen LogP contribution in [-0.2, 0) is 17.8 Å². The Morgan fingerprint density at radius 3 is 2.76 bits per heavy atom. The number of rotatable bonds is 4. The van der Waals surface area contributed by atoms with Crippen LogP contribution in [0.5, 0.6) is 0 Å². The topological polar surface area (TPSA) is 50.5 Å². The van der Waals surface area contributed by atoms with Crippen LogP contribution in [0.25, 0.3) is 0 Å². The monoisotopic (exact) mass is 295 g/mol. The highest BCUT2D eigenvalue weighted by Gasteiger charge is 2.31. The predicted octanol–water partition coefficient (Wildman–Crippen LogP) is 2.56. The average Bonchev–Trinajstić information content (AvgIpc) is 2.70. The van der Waals surface area contributed by atoms with Crippen molar-refractivity contribution in [1.82, 2.24) is 15.4 Å². The normalized spacial score (nSPS) is 23.4. The highest BCUT2D eigenvalue weighted by molar-refractivity contribution is 5.06. The van der Waals surface area contributed by atoms with Gasteiger partial charge >= 0.3 is 0 Å². The van der Waals surface area contributed by atoms with Crippen molar-refractivity contribution in [3.05, 3.63) is 17.5 Å². The van der Waals surface area contributed by atoms with Gasteiger partial charge in [-0.05, 0) is 41.5 Å². The van der Waals surface area contributed by atoms with Crippen LogP contribution < -0.4 is 5.32 Å². The third-order valence-corrected chi connectivity index (χ3v) is 3.43. The van der Waals surface area contributed by atoms with Crippen molar-refractivity contribution < 1.29 is 9.26 Å². The summed E-state index contributed by atoms with van der Waals surface area (Å²) in [6.45, 7) is 16.2. The maximum absolute atomic E-state index is 5.92. The Balaban J connectivity index is 1.90. The summed E-state index contributed by atoms with van der Waals surface area (Å²) in [5, 5.41) is 7.56. The Bertz CT molecular complexity index is 462. The molecule has 21 heavy (non-hydrogen) atoms. The molecule has 0 aromatic carbocycles. The lowest BCUT2D eigenvalue weighted by atomic mass is 10.1. The van der Waals surface area contributed by atoms with E-state index in [1.54, 1.807) is 0 Å². The second-order valence-corrected chi connectivity index (χ2v) is 7.75. The van der Waals surface area contributed by atoms with E-state index < -0.39 is 0 Å². The first-order valence-electron chi connectivity index (χ1n) is 7.73. The molecule has 1 unspecified atom stereocenters. The summed E-state index contributed by atoms with van der Waals surface area (Å²) in [4.78, 5) is 2.37. The van der Waals surface area contributed by atoms with E-state index in [-0.39, 0.29) is 17.2 Å². The third-order valence-electron chi connectivity index (χ3n) is 3.43. The van der Waals surface area contributed by atoms with E-state index in [1.807, 2.05) is 6.07 Å². The van der Waals surface area contributed by atoms with Gasteiger partial charge in [-0.15, -0.1) is 0 Å². The lowest BCUT2D eigenvalue weighted by Crippen LogP contribution is -2.51. The molecule has 1 aliphatic rings. The van der Waals surface area contributed by atoms with Crippen molar-refractivity contribution in [2.24, 2.45) is 0 Å². The van der Waals surface area contributed by atoms with E-state index in [4.69, 9.17) is 9.26 Å². The molecule has 0 spiro atoms. The number of hydrogen-bond acceptors (Lipinski definition) is 5. The summed E-state index contributed by atoms with van der Waals surface area (Å²) < 4.78 is 11.4. The largest absolute Gasteiger partial charge is 0.370 e. The van der Waals surface area contributed by atoms with Crippen LogP contribution in [0.1, 0.15) is 53.0 Å². The van der Waals surface area contributed by atoms with Crippen LogP contribution in [0, 0.1) is 0 Å². The molecule has 2 heterocycles. The van der Waals surface area contributed by atoms with Crippen LogP contribution in [0.3, 0.4) is 0 Å². The van der Waals surface area contributed by atoms with Gasteiger partial charge in [0, 0.05) is 31.2 Å². The molecular formula is C16H29N3O2. The van der Waals surface area contributed by atoms with Gasteiger partial charge in [0.1, 0.15) is 0 Å². The van der Waals surface area contributed by atoms with Crippen LogP contribution in [0.2, 0.25) is 0 Å². The van der Waals surface area contributed by atoms with E-state index in [0.29, 0.717) is 0 Å². The van der Waals surface area contributed by atoms with Crippen molar-refractivity contribution in [3.8, 4) is 0 Å². The first-order valence-corrected chi connectivity index (χ1v) is 7.73. The number of morpholine rings is 1. The van der Waals surface area contributed by atoms with E-state index in [0.717, 1.165) is 37.6 Å². The fourth-order valence-electron chi connectivity index (χ4n) is 2.80. The maximum atomic E-state index is 5.92. The van der Waals surface area contributed by atoms with Crippen LogP contribution in [0.4, 0.5) is 0 Å². The Labute approximate surface area is 128 Å². The van der Waals surface area contributed by atoms with E-state index >= 15 is 0 Å². The first-order chi connectivity index (χ1) is 9.63. The number of nitrogens with one attached hydrogen (secondary N) is 1. The first kappa shape index (κ1) is 16.5. The zero-order valence-corrected chi connectivity index (χ0v) is 14.2. The molecule has 1 aromatic heterocycles. The summed E-state index contributed by atoms with van der Waals surface area (Å²) >= 11 is 0. The molecular weight excluding hydrogens is 266 g/mol. The quantitative estimate of drug-likeness (QED) is 0.925. The Hall–Kier alpha value is -0.910. The van der Waals surface area contributed by atoms with Gasteiger partial charge in [0.2, 0.25) is 0 Å². The maximum Gasteiger partial charge on any atom is 0.151 e. The number of aromatic nitrogens is 1. The molecule has 1 saturated heterocycles. The summed E-state index contributed by atoms with van der Waals surface area (Å²) in [7, 11) is 0. The molecule has 1 atom stereocenters. The summed E-state index contributed by atoms with van der Waals surface area (Å²) in [5.41, 5.74) is 0.942. The molecule has 0 amide bonds. The lowest BCUT2D eigenvalue weighted by molar-refractivity contribution is -0.131. The summed E-state index contributed by atoms with van der Waals surface area (Å²) in [5.74, 6) is 0.922. The van der Waals surface area contributed by atoms with Gasteiger partial charge in [0.05, 0.1) is 23.9 Å². The molecule has 0 aliphatic carbocycles. The van der Waals surface area contributed by atoms with Crippen molar-refractivity contribution in [3.63, 3.8) is 0 Å². The minimum atomic E-state index is -0.103. The van der Waals surface area contributed by atoms with Crippen LogP contribution >= 0.6 is 0 Å².